The lowest BCUT2D eigenvalue weighted by Crippen LogP contribution is -2.28. The smallest absolute Gasteiger partial charge is 0.457 e. The monoisotopic (exact) mass is 774 g/mol. The van der Waals surface area contributed by atoms with E-state index >= 15 is 0 Å². The Balaban J connectivity index is 3.98. The van der Waals surface area contributed by atoms with Crippen molar-refractivity contribution in [2.45, 2.75) is 232 Å². The molecule has 316 valence electrons. The van der Waals surface area contributed by atoms with E-state index in [2.05, 4.69) is 26.0 Å². The van der Waals surface area contributed by atoms with Crippen molar-refractivity contribution in [3.05, 3.63) is 12.2 Å². The van der Waals surface area contributed by atoms with E-state index in [0.717, 1.165) is 32.1 Å². The Morgan fingerprint density at radius 1 is 0.547 bits per heavy atom. The highest BCUT2D eigenvalue weighted by molar-refractivity contribution is 7.47. The Kier molecular flexibility index (Phi) is 41.8. The third-order valence-corrected chi connectivity index (χ3v) is 10.9. The molecule has 53 heavy (non-hydrogen) atoms. The van der Waals surface area contributed by atoms with Gasteiger partial charge in [0.05, 0.1) is 19.8 Å². The maximum absolute atomic E-state index is 12.6. The van der Waals surface area contributed by atoms with E-state index in [1.807, 2.05) is 0 Å². The van der Waals surface area contributed by atoms with Crippen LogP contribution in [0.4, 0.5) is 0 Å². The second-order valence-electron chi connectivity index (χ2n) is 15.3. The molecule has 0 spiro atoms. The van der Waals surface area contributed by atoms with Crippen LogP contribution in [0.15, 0.2) is 12.2 Å². The lowest BCUT2D eigenvalue weighted by molar-refractivity contribution is -0.154. The summed E-state index contributed by atoms with van der Waals surface area (Å²) in [5.41, 5.74) is 5.37. The van der Waals surface area contributed by atoms with Crippen LogP contribution in [0.3, 0.4) is 0 Å². The summed E-state index contributed by atoms with van der Waals surface area (Å²) in [5.74, 6) is -0.330. The Labute approximate surface area is 328 Å². The number of nitrogens with two attached hydrogens (primary N) is 1. The van der Waals surface area contributed by atoms with Crippen LogP contribution >= 0.6 is 7.82 Å². The van der Waals surface area contributed by atoms with Crippen LogP contribution in [0, 0.1) is 0 Å². The molecule has 0 fully saturated rings. The third-order valence-electron chi connectivity index (χ3n) is 9.93. The van der Waals surface area contributed by atoms with E-state index in [0.29, 0.717) is 13.0 Å². The first-order valence-corrected chi connectivity index (χ1v) is 24.2. The topological polar surface area (TPSA) is 117 Å². The normalized spacial score (nSPS) is 13.5. The first-order valence-electron chi connectivity index (χ1n) is 22.7. The molecule has 0 bridgehead atoms. The van der Waals surface area contributed by atoms with Crippen molar-refractivity contribution in [3.63, 3.8) is 0 Å². The molecule has 0 amide bonds. The molecule has 8 nitrogen and oxygen atoms in total. The average molecular weight is 774 g/mol. The van der Waals surface area contributed by atoms with Gasteiger partial charge in [0.25, 0.3) is 0 Å². The lowest BCUT2D eigenvalue weighted by atomic mass is 10.0. The molecule has 0 aliphatic carbocycles. The van der Waals surface area contributed by atoms with Crippen molar-refractivity contribution in [1.29, 1.82) is 0 Å². The molecule has 0 aromatic rings. The number of carbonyl (C=O) groups excluding carboxylic acids is 1. The van der Waals surface area contributed by atoms with Gasteiger partial charge in [0.15, 0.2) is 0 Å². The Bertz CT molecular complexity index is 828. The number of phosphoric acid groups is 1. The Hall–Kier alpha value is -0.760. The number of hydrogen-bond donors (Lipinski definition) is 2. The van der Waals surface area contributed by atoms with E-state index in [4.69, 9.17) is 24.3 Å². The number of hydrogen-bond acceptors (Lipinski definition) is 7. The van der Waals surface area contributed by atoms with Crippen LogP contribution in [-0.4, -0.2) is 49.9 Å². The molecular weight excluding hydrogens is 685 g/mol. The Morgan fingerprint density at radius 3 is 1.38 bits per heavy atom. The van der Waals surface area contributed by atoms with Crippen LogP contribution in [0.25, 0.3) is 0 Å². The molecule has 0 aromatic carbocycles. The van der Waals surface area contributed by atoms with Gasteiger partial charge in [-0.2, -0.15) is 0 Å². The molecule has 0 radical (unpaired) electrons. The van der Waals surface area contributed by atoms with Crippen molar-refractivity contribution in [2.75, 3.05) is 33.0 Å². The molecule has 2 unspecified atom stereocenters. The van der Waals surface area contributed by atoms with Crippen LogP contribution in [0.5, 0.6) is 0 Å². The van der Waals surface area contributed by atoms with E-state index in [1.165, 1.54) is 173 Å². The fraction of sp³-hybridized carbons (Fsp3) is 0.932. The average Bonchev–Trinajstić information content (AvgIpc) is 3.15. The molecule has 0 aromatic heterocycles. The van der Waals surface area contributed by atoms with Crippen molar-refractivity contribution in [3.8, 4) is 0 Å². The van der Waals surface area contributed by atoms with Gasteiger partial charge in [0.1, 0.15) is 6.10 Å². The molecule has 0 saturated carbocycles. The fourth-order valence-electron chi connectivity index (χ4n) is 6.58. The largest absolute Gasteiger partial charge is 0.472 e. The number of unbranched alkanes of at least 4 members (excludes halogenated alkanes) is 29. The standard InChI is InChI=1S/C44H88NO7P/c1-3-5-7-9-11-13-15-17-19-21-23-25-27-29-31-33-35-37-44(46)52-43(42-51-53(47,48)50-40-38-45)41-49-39-36-34-32-30-28-26-24-22-20-18-16-14-12-10-8-6-4-2/h17,19,43H,3-16,18,20-42,45H2,1-2H3,(H,47,48)/b19-17-. The highest BCUT2D eigenvalue weighted by Gasteiger charge is 2.25. The number of phosphoric ester groups is 1. The summed E-state index contributed by atoms with van der Waals surface area (Å²) in [7, 11) is -4.27. The van der Waals surface area contributed by atoms with Gasteiger partial charge in [-0.15, -0.1) is 0 Å². The summed E-state index contributed by atoms with van der Waals surface area (Å²) in [6, 6.07) is 0. The van der Waals surface area contributed by atoms with Gasteiger partial charge in [0, 0.05) is 19.6 Å². The minimum atomic E-state index is -4.27. The molecule has 0 saturated heterocycles. The number of ether oxygens (including phenoxy) is 2. The first-order chi connectivity index (χ1) is 25.9. The number of esters is 1. The molecule has 0 aliphatic heterocycles. The van der Waals surface area contributed by atoms with Crippen LogP contribution in [0.1, 0.15) is 226 Å². The first kappa shape index (κ1) is 52.2. The zero-order chi connectivity index (χ0) is 38.8. The number of carbonyl (C=O) groups is 1. The lowest BCUT2D eigenvalue weighted by Gasteiger charge is -2.20. The predicted molar refractivity (Wildman–Crippen MR) is 224 cm³/mol. The van der Waals surface area contributed by atoms with Gasteiger partial charge in [-0.05, 0) is 38.5 Å². The SMILES string of the molecule is CCCCCCCC/C=C\CCCCCCCCCC(=O)OC(COCCCCCCCCCCCCCCCCCCC)COP(=O)(O)OCCN. The summed E-state index contributed by atoms with van der Waals surface area (Å²) >= 11 is 0. The van der Waals surface area contributed by atoms with Gasteiger partial charge >= 0.3 is 13.8 Å². The third kappa shape index (κ3) is 42.2. The summed E-state index contributed by atoms with van der Waals surface area (Å²) in [6.45, 7) is 4.96. The van der Waals surface area contributed by atoms with E-state index in [-0.39, 0.29) is 32.3 Å². The van der Waals surface area contributed by atoms with Crippen molar-refractivity contribution in [2.24, 2.45) is 5.73 Å². The van der Waals surface area contributed by atoms with Gasteiger partial charge in [0.2, 0.25) is 0 Å². The fourth-order valence-corrected chi connectivity index (χ4v) is 7.35. The van der Waals surface area contributed by atoms with Crippen molar-refractivity contribution < 1.29 is 32.8 Å². The maximum atomic E-state index is 12.6. The number of allylic oxidation sites excluding steroid dienone is 2. The molecule has 0 heterocycles. The van der Waals surface area contributed by atoms with Crippen molar-refractivity contribution >= 4 is 13.8 Å². The summed E-state index contributed by atoms with van der Waals surface area (Å²) in [6.07, 6.45) is 45.1. The zero-order valence-corrected chi connectivity index (χ0v) is 35.9. The zero-order valence-electron chi connectivity index (χ0n) is 35.0. The minimum Gasteiger partial charge on any atom is -0.457 e. The molecular formula is C44H88NO7P. The second-order valence-corrected chi connectivity index (χ2v) is 16.7. The van der Waals surface area contributed by atoms with Crippen LogP contribution < -0.4 is 5.73 Å². The second kappa shape index (κ2) is 42.4. The maximum Gasteiger partial charge on any atom is 0.472 e. The Morgan fingerprint density at radius 2 is 0.943 bits per heavy atom. The molecule has 9 heteroatoms. The molecule has 3 N–H and O–H groups in total. The van der Waals surface area contributed by atoms with Crippen LogP contribution in [-0.2, 0) is 27.9 Å². The van der Waals surface area contributed by atoms with Gasteiger partial charge in [-0.3, -0.25) is 13.8 Å². The van der Waals surface area contributed by atoms with E-state index in [9.17, 15) is 14.3 Å². The molecule has 2 atom stereocenters. The highest BCUT2D eigenvalue weighted by Crippen LogP contribution is 2.43. The summed E-state index contributed by atoms with van der Waals surface area (Å²) < 4.78 is 33.5. The summed E-state index contributed by atoms with van der Waals surface area (Å²) in [5, 5.41) is 0. The quantitative estimate of drug-likeness (QED) is 0.0272. The van der Waals surface area contributed by atoms with Crippen LogP contribution in [0.2, 0.25) is 0 Å². The van der Waals surface area contributed by atoms with Gasteiger partial charge < -0.3 is 20.1 Å². The number of rotatable bonds is 44. The van der Waals surface area contributed by atoms with E-state index in [1.54, 1.807) is 0 Å². The van der Waals surface area contributed by atoms with Gasteiger partial charge in [-0.25, -0.2) is 4.57 Å². The van der Waals surface area contributed by atoms with E-state index < -0.39 is 13.9 Å². The minimum absolute atomic E-state index is 0.0929. The molecule has 0 aliphatic rings. The van der Waals surface area contributed by atoms with Crippen molar-refractivity contribution in [1.82, 2.24) is 0 Å². The highest BCUT2D eigenvalue weighted by atomic mass is 31.2. The van der Waals surface area contributed by atoms with Gasteiger partial charge in [-0.1, -0.05) is 193 Å². The predicted octanol–water partition coefficient (Wildman–Crippen LogP) is 13.5. The summed E-state index contributed by atoms with van der Waals surface area (Å²) in [4.78, 5) is 22.5. The molecule has 0 rings (SSSR count).